The molecule has 4 atom stereocenters. The topological polar surface area (TPSA) is 123 Å². The Hall–Kier alpha value is -4.16. The number of likely N-dealkylation sites (N-methyl/N-ethyl adjacent to an activating group) is 1. The van der Waals surface area contributed by atoms with Gasteiger partial charge in [0.05, 0.1) is 36.2 Å². The summed E-state index contributed by atoms with van der Waals surface area (Å²) >= 11 is 0. The van der Waals surface area contributed by atoms with Gasteiger partial charge in [0, 0.05) is 50.0 Å². The molecule has 0 radical (unpaired) electrons. The molecule has 0 aromatic heterocycles. The molecule has 6 rings (SSSR count). The van der Waals surface area contributed by atoms with Gasteiger partial charge in [-0.3, -0.25) is 14.4 Å². The van der Waals surface area contributed by atoms with Crippen molar-refractivity contribution >= 4 is 43.1 Å². The Morgan fingerprint density at radius 3 is 2.38 bits per heavy atom. The minimum absolute atomic E-state index is 0.0536. The molecule has 246 valence electrons. The standard InChI is InChI=1S/C36H42N4O6Si/c1-24-34(47(3,4)45)31(22-33(43)39(19-20-41)23-25-11-7-5-8-12-25)46-36(24)28-21-27(15-17-30(28)38(2)35(36)44)40-32(42)18-16-29(37-40)26-13-9-6-10-14-26/h5-15,17,21,24,31,34,41,45H,16,18-20,22-23H2,1-4H3/t24-,31+,34-,36+/m0/s1. The first kappa shape index (κ1) is 32.8. The number of carbonyl (C=O) groups excluding carboxylic acids is 3. The summed E-state index contributed by atoms with van der Waals surface area (Å²) in [5, 5.41) is 15.9. The number of aliphatic hydroxyl groups is 1. The molecule has 1 fully saturated rings. The SMILES string of the molecule is C[C@H]1[C@H]([Si](C)(C)O)[C@@H](CC(=O)N(CCO)Cc2ccccc2)O[C@]12C(=O)N(C)c1ccc(N3N=C(c4ccccc4)CCC3=O)cc12. The lowest BCUT2D eigenvalue weighted by atomic mass is 9.82. The molecular formula is C36H42N4O6Si. The van der Waals surface area contributed by atoms with E-state index in [4.69, 9.17) is 9.84 Å². The van der Waals surface area contributed by atoms with Crippen molar-refractivity contribution in [2.24, 2.45) is 11.0 Å². The Kier molecular flexibility index (Phi) is 8.92. The van der Waals surface area contributed by atoms with Crippen LogP contribution in [0.15, 0.2) is 84.0 Å². The van der Waals surface area contributed by atoms with E-state index in [1.165, 1.54) is 5.01 Å². The molecule has 3 heterocycles. The molecule has 3 aliphatic rings. The number of rotatable bonds is 9. The Balaban J connectivity index is 1.36. The second-order valence-corrected chi connectivity index (χ2v) is 17.2. The predicted octanol–water partition coefficient (Wildman–Crippen LogP) is 4.40. The van der Waals surface area contributed by atoms with E-state index in [1.807, 2.05) is 92.8 Å². The van der Waals surface area contributed by atoms with Crippen LogP contribution in [0.1, 0.15) is 42.9 Å². The highest BCUT2D eigenvalue weighted by molar-refractivity contribution is 6.71. The smallest absolute Gasteiger partial charge is 0.264 e. The highest BCUT2D eigenvalue weighted by atomic mass is 28.4. The Morgan fingerprint density at radius 1 is 1.04 bits per heavy atom. The third-order valence-corrected chi connectivity index (χ3v) is 12.3. The molecule has 1 saturated heterocycles. The number of hydrogen-bond donors (Lipinski definition) is 2. The number of carbonyl (C=O) groups is 3. The summed E-state index contributed by atoms with van der Waals surface area (Å²) in [5.41, 5.74) is 2.52. The largest absolute Gasteiger partial charge is 0.432 e. The Morgan fingerprint density at radius 2 is 1.72 bits per heavy atom. The molecule has 0 aliphatic carbocycles. The van der Waals surface area contributed by atoms with Gasteiger partial charge in [-0.2, -0.15) is 5.10 Å². The molecule has 3 amide bonds. The zero-order valence-electron chi connectivity index (χ0n) is 27.3. The monoisotopic (exact) mass is 654 g/mol. The van der Waals surface area contributed by atoms with Gasteiger partial charge < -0.3 is 24.4 Å². The first-order valence-corrected chi connectivity index (χ1v) is 19.2. The van der Waals surface area contributed by atoms with Crippen molar-refractivity contribution < 1.29 is 29.0 Å². The Labute approximate surface area is 276 Å². The first-order valence-electron chi connectivity index (χ1n) is 16.2. The summed E-state index contributed by atoms with van der Waals surface area (Å²) in [6.45, 7) is 5.82. The van der Waals surface area contributed by atoms with Crippen molar-refractivity contribution in [3.05, 3.63) is 95.6 Å². The van der Waals surface area contributed by atoms with Crippen molar-refractivity contribution in [1.29, 1.82) is 0 Å². The van der Waals surface area contributed by atoms with Crippen molar-refractivity contribution in [1.82, 2.24) is 4.90 Å². The van der Waals surface area contributed by atoms with E-state index in [0.29, 0.717) is 36.3 Å². The van der Waals surface area contributed by atoms with Crippen LogP contribution in [0.4, 0.5) is 11.4 Å². The lowest BCUT2D eigenvalue weighted by molar-refractivity contribution is -0.149. The maximum Gasteiger partial charge on any atom is 0.264 e. The van der Waals surface area contributed by atoms with Crippen molar-refractivity contribution in [2.45, 2.75) is 63.1 Å². The highest BCUT2D eigenvalue weighted by Crippen LogP contribution is 2.59. The molecule has 3 aliphatic heterocycles. The van der Waals surface area contributed by atoms with Crippen molar-refractivity contribution in [3.8, 4) is 0 Å². The number of benzene rings is 3. The van der Waals surface area contributed by atoms with E-state index in [0.717, 1.165) is 16.8 Å². The zero-order chi connectivity index (χ0) is 33.5. The number of fused-ring (bicyclic) bond motifs is 2. The molecule has 10 nitrogen and oxygen atoms in total. The Bertz CT molecular complexity index is 1690. The number of nitrogens with zero attached hydrogens (tertiary/aromatic N) is 4. The van der Waals surface area contributed by atoms with Gasteiger partial charge in [0.15, 0.2) is 13.9 Å². The van der Waals surface area contributed by atoms with E-state index < -0.39 is 31.5 Å². The van der Waals surface area contributed by atoms with Crippen LogP contribution in [0.25, 0.3) is 0 Å². The maximum atomic E-state index is 14.3. The van der Waals surface area contributed by atoms with Gasteiger partial charge in [0.1, 0.15) is 0 Å². The highest BCUT2D eigenvalue weighted by Gasteiger charge is 2.66. The number of hydrazone groups is 1. The normalized spacial score (nSPS) is 24.1. The van der Waals surface area contributed by atoms with Gasteiger partial charge in [-0.05, 0) is 42.4 Å². The van der Waals surface area contributed by atoms with Crippen LogP contribution in [0.5, 0.6) is 0 Å². The number of amides is 3. The van der Waals surface area contributed by atoms with Gasteiger partial charge in [0.25, 0.3) is 5.91 Å². The molecule has 0 bridgehead atoms. The summed E-state index contributed by atoms with van der Waals surface area (Å²) in [6.07, 6.45) is 0.0290. The van der Waals surface area contributed by atoms with E-state index in [9.17, 15) is 24.3 Å². The number of aliphatic hydroxyl groups excluding tert-OH is 1. The number of hydrogen-bond acceptors (Lipinski definition) is 7. The molecule has 0 saturated carbocycles. The average molecular weight is 655 g/mol. The lowest BCUT2D eigenvalue weighted by Gasteiger charge is -2.32. The quantitative estimate of drug-likeness (QED) is 0.330. The molecule has 1 spiro atoms. The minimum atomic E-state index is -3.02. The molecule has 11 heteroatoms. The minimum Gasteiger partial charge on any atom is -0.432 e. The van der Waals surface area contributed by atoms with E-state index in [1.54, 1.807) is 22.9 Å². The lowest BCUT2D eigenvalue weighted by Crippen LogP contribution is -2.45. The first-order chi connectivity index (χ1) is 22.5. The van der Waals surface area contributed by atoms with E-state index >= 15 is 0 Å². The maximum absolute atomic E-state index is 14.3. The molecular weight excluding hydrogens is 613 g/mol. The fraction of sp³-hybridized carbons (Fsp3) is 0.389. The summed E-state index contributed by atoms with van der Waals surface area (Å²) in [7, 11) is -1.32. The second-order valence-electron chi connectivity index (χ2n) is 13.3. The van der Waals surface area contributed by atoms with Gasteiger partial charge in [-0.1, -0.05) is 67.6 Å². The van der Waals surface area contributed by atoms with Gasteiger partial charge in [-0.25, -0.2) is 5.01 Å². The van der Waals surface area contributed by atoms with Crippen LogP contribution in [0.3, 0.4) is 0 Å². The summed E-state index contributed by atoms with van der Waals surface area (Å²) in [6, 6.07) is 24.7. The van der Waals surface area contributed by atoms with Crippen LogP contribution in [-0.4, -0.2) is 72.9 Å². The van der Waals surface area contributed by atoms with Gasteiger partial charge in [-0.15, -0.1) is 0 Å². The van der Waals surface area contributed by atoms with Gasteiger partial charge >= 0.3 is 0 Å². The third-order valence-electron chi connectivity index (χ3n) is 9.80. The van der Waals surface area contributed by atoms with Crippen LogP contribution in [-0.2, 0) is 31.3 Å². The summed E-state index contributed by atoms with van der Waals surface area (Å²) in [4.78, 5) is 56.1. The summed E-state index contributed by atoms with van der Waals surface area (Å²) in [5.74, 6) is -1.12. The molecule has 2 N–H and O–H groups in total. The fourth-order valence-corrected chi connectivity index (χ4v) is 10.2. The summed E-state index contributed by atoms with van der Waals surface area (Å²) < 4.78 is 6.81. The van der Waals surface area contributed by atoms with E-state index in [-0.39, 0.29) is 37.3 Å². The predicted molar refractivity (Wildman–Crippen MR) is 182 cm³/mol. The molecule has 0 unspecified atom stereocenters. The van der Waals surface area contributed by atoms with Crippen LogP contribution in [0, 0.1) is 5.92 Å². The fourth-order valence-electron chi connectivity index (χ4n) is 7.61. The average Bonchev–Trinajstić information content (AvgIpc) is 3.47. The van der Waals surface area contributed by atoms with Crippen molar-refractivity contribution in [3.63, 3.8) is 0 Å². The second kappa shape index (κ2) is 12.8. The zero-order valence-corrected chi connectivity index (χ0v) is 28.3. The van der Waals surface area contributed by atoms with Crippen LogP contribution >= 0.6 is 0 Å². The van der Waals surface area contributed by atoms with Crippen molar-refractivity contribution in [2.75, 3.05) is 30.1 Å². The van der Waals surface area contributed by atoms with Gasteiger partial charge in [0.2, 0.25) is 11.8 Å². The molecule has 3 aromatic carbocycles. The molecule has 3 aromatic rings. The number of ether oxygens (including phenoxy) is 1. The third kappa shape index (κ3) is 5.93. The number of anilines is 2. The van der Waals surface area contributed by atoms with E-state index in [2.05, 4.69) is 0 Å². The molecule has 47 heavy (non-hydrogen) atoms. The van der Waals surface area contributed by atoms with Crippen LogP contribution < -0.4 is 9.91 Å². The van der Waals surface area contributed by atoms with Crippen LogP contribution in [0.2, 0.25) is 18.6 Å².